The summed E-state index contributed by atoms with van der Waals surface area (Å²) in [6.07, 6.45) is -3.26. The predicted molar refractivity (Wildman–Crippen MR) is 145 cm³/mol. The van der Waals surface area contributed by atoms with Gasteiger partial charge in [-0.3, -0.25) is 9.59 Å². The van der Waals surface area contributed by atoms with Crippen LogP contribution >= 0.6 is 24.0 Å². The number of thiocarbonyl (C=S) groups is 1. The summed E-state index contributed by atoms with van der Waals surface area (Å²) in [7, 11) is 0. The zero-order valence-corrected chi connectivity index (χ0v) is 22.1. The first-order valence-electron chi connectivity index (χ1n) is 11.9. The Labute approximate surface area is 232 Å². The van der Waals surface area contributed by atoms with Crippen molar-refractivity contribution in [1.29, 1.82) is 0 Å². The standard InChI is InChI=1S/C27H24F3N3O4S2/c28-27(29,30)21-9-5-4-8-19(21)17-31-25(35)22(32-24(34)18-6-2-1-3-7-18)16-20-10-11-23(37-20)39-26(38)33-12-14-36-15-13-33/h1-11,16H,12-15,17H2,(H,31,35)(H,32,34). The molecule has 1 saturated heterocycles. The van der Waals surface area contributed by atoms with Crippen molar-refractivity contribution in [3.8, 4) is 0 Å². The van der Waals surface area contributed by atoms with Gasteiger partial charge in [-0.05, 0) is 47.7 Å². The first-order chi connectivity index (χ1) is 18.7. The summed E-state index contributed by atoms with van der Waals surface area (Å²) < 4.78 is 51.9. The number of carbonyl (C=O) groups is 2. The number of thioether (sulfide) groups is 1. The third-order valence-corrected chi connectivity index (χ3v) is 7.00. The van der Waals surface area contributed by atoms with E-state index in [9.17, 15) is 22.8 Å². The fraction of sp³-hybridized carbons (Fsp3) is 0.222. The summed E-state index contributed by atoms with van der Waals surface area (Å²) in [5.41, 5.74) is -0.867. The van der Waals surface area contributed by atoms with Gasteiger partial charge in [-0.2, -0.15) is 13.2 Å². The lowest BCUT2D eigenvalue weighted by Gasteiger charge is -2.28. The minimum atomic E-state index is -4.58. The van der Waals surface area contributed by atoms with E-state index < -0.39 is 30.1 Å². The highest BCUT2D eigenvalue weighted by Crippen LogP contribution is 2.32. The number of amides is 2. The van der Waals surface area contributed by atoms with Gasteiger partial charge in [0.2, 0.25) is 0 Å². The number of furan rings is 1. The van der Waals surface area contributed by atoms with Gasteiger partial charge in [-0.1, -0.05) is 48.6 Å². The van der Waals surface area contributed by atoms with Crippen molar-refractivity contribution >= 4 is 46.2 Å². The van der Waals surface area contributed by atoms with Gasteiger partial charge in [0.05, 0.1) is 18.8 Å². The largest absolute Gasteiger partial charge is 0.450 e. The molecule has 2 amide bonds. The molecule has 1 aromatic heterocycles. The summed E-state index contributed by atoms with van der Waals surface area (Å²) in [4.78, 5) is 27.9. The van der Waals surface area contributed by atoms with E-state index in [-0.39, 0.29) is 17.0 Å². The van der Waals surface area contributed by atoms with E-state index >= 15 is 0 Å². The quantitative estimate of drug-likeness (QED) is 0.231. The van der Waals surface area contributed by atoms with Crippen molar-refractivity contribution in [3.63, 3.8) is 0 Å². The van der Waals surface area contributed by atoms with Crippen LogP contribution in [0.15, 0.2) is 81.9 Å². The van der Waals surface area contributed by atoms with Crippen molar-refractivity contribution in [2.24, 2.45) is 0 Å². The molecule has 0 aliphatic carbocycles. The molecule has 0 atom stereocenters. The second-order valence-corrected chi connectivity index (χ2v) is 9.98. The number of hydrogen-bond acceptors (Lipinski definition) is 6. The first kappa shape index (κ1) is 28.4. The van der Waals surface area contributed by atoms with Crippen LogP contribution in [0.25, 0.3) is 6.08 Å². The van der Waals surface area contributed by atoms with Crippen LogP contribution in [0.5, 0.6) is 0 Å². The Morgan fingerprint density at radius 1 is 1.00 bits per heavy atom. The number of carbonyl (C=O) groups excluding carboxylic acids is 2. The van der Waals surface area contributed by atoms with Crippen LogP contribution < -0.4 is 10.6 Å². The fourth-order valence-electron chi connectivity index (χ4n) is 3.67. The van der Waals surface area contributed by atoms with Crippen LogP contribution in [0.1, 0.15) is 27.2 Å². The van der Waals surface area contributed by atoms with E-state index in [1.807, 2.05) is 4.90 Å². The van der Waals surface area contributed by atoms with E-state index in [4.69, 9.17) is 21.4 Å². The Balaban J connectivity index is 1.52. The molecule has 1 aliphatic rings. The molecule has 1 aliphatic heterocycles. The maximum Gasteiger partial charge on any atom is 0.416 e. The smallest absolute Gasteiger partial charge is 0.416 e. The molecule has 0 unspecified atom stereocenters. The topological polar surface area (TPSA) is 83.8 Å². The van der Waals surface area contributed by atoms with E-state index in [0.29, 0.717) is 41.3 Å². The van der Waals surface area contributed by atoms with Crippen LogP contribution in [-0.4, -0.2) is 47.3 Å². The molecular formula is C27H24F3N3O4S2. The van der Waals surface area contributed by atoms with E-state index in [2.05, 4.69) is 10.6 Å². The molecule has 0 saturated carbocycles. The summed E-state index contributed by atoms with van der Waals surface area (Å²) in [5.74, 6) is -1.11. The SMILES string of the molecule is O=C(NCc1ccccc1C(F)(F)F)C(=Cc1ccc(SC(=S)N2CCOCC2)o1)NC(=O)c1ccccc1. The van der Waals surface area contributed by atoms with Gasteiger partial charge in [0.1, 0.15) is 15.8 Å². The minimum Gasteiger partial charge on any atom is -0.450 e. The highest BCUT2D eigenvalue weighted by Gasteiger charge is 2.33. The molecule has 2 aromatic carbocycles. The lowest BCUT2D eigenvalue weighted by atomic mass is 10.1. The Morgan fingerprint density at radius 2 is 1.69 bits per heavy atom. The summed E-state index contributed by atoms with van der Waals surface area (Å²) in [6.45, 7) is 2.11. The Kier molecular flexibility index (Phi) is 9.44. The minimum absolute atomic E-state index is 0.111. The zero-order valence-electron chi connectivity index (χ0n) is 20.5. The molecule has 0 spiro atoms. The second-order valence-electron chi connectivity index (χ2n) is 8.34. The van der Waals surface area contributed by atoms with Gasteiger partial charge in [-0.15, -0.1) is 0 Å². The molecule has 204 valence electrons. The second kappa shape index (κ2) is 13.0. The Morgan fingerprint density at radius 3 is 2.41 bits per heavy atom. The number of halogens is 3. The van der Waals surface area contributed by atoms with Crippen molar-refractivity contribution in [2.45, 2.75) is 17.8 Å². The van der Waals surface area contributed by atoms with Crippen LogP contribution in [0.3, 0.4) is 0 Å². The summed E-state index contributed by atoms with van der Waals surface area (Å²) in [5, 5.41) is 5.48. The maximum atomic E-state index is 13.4. The van der Waals surface area contributed by atoms with Crippen molar-refractivity contribution < 1.29 is 31.9 Å². The molecule has 7 nitrogen and oxygen atoms in total. The van der Waals surface area contributed by atoms with Gasteiger partial charge >= 0.3 is 6.18 Å². The van der Waals surface area contributed by atoms with Crippen molar-refractivity contribution in [3.05, 3.63) is 94.9 Å². The average Bonchev–Trinajstić information content (AvgIpc) is 3.38. The number of rotatable bonds is 7. The lowest BCUT2D eigenvalue weighted by Crippen LogP contribution is -2.38. The van der Waals surface area contributed by atoms with Crippen molar-refractivity contribution in [1.82, 2.24) is 15.5 Å². The molecular weight excluding hydrogens is 551 g/mol. The number of nitrogens with zero attached hydrogens (tertiary/aromatic N) is 1. The van der Waals surface area contributed by atoms with Gasteiger partial charge in [0.15, 0.2) is 5.09 Å². The van der Waals surface area contributed by atoms with Crippen LogP contribution in [0, 0.1) is 0 Å². The third kappa shape index (κ3) is 7.94. The van der Waals surface area contributed by atoms with E-state index in [0.717, 1.165) is 6.07 Å². The molecule has 2 N–H and O–H groups in total. The van der Waals surface area contributed by atoms with Gasteiger partial charge in [0, 0.05) is 31.3 Å². The molecule has 3 aromatic rings. The van der Waals surface area contributed by atoms with Crippen molar-refractivity contribution in [2.75, 3.05) is 26.3 Å². The van der Waals surface area contributed by atoms with Crippen LogP contribution in [0.4, 0.5) is 13.2 Å². The molecule has 12 heteroatoms. The highest BCUT2D eigenvalue weighted by atomic mass is 32.2. The number of morpholine rings is 1. The number of hydrogen-bond donors (Lipinski definition) is 2. The van der Waals surface area contributed by atoms with Gasteiger partial charge in [-0.25, -0.2) is 0 Å². The first-order valence-corrected chi connectivity index (χ1v) is 13.1. The van der Waals surface area contributed by atoms with Gasteiger partial charge in [0.25, 0.3) is 11.8 Å². The lowest BCUT2D eigenvalue weighted by molar-refractivity contribution is -0.138. The zero-order chi connectivity index (χ0) is 27.8. The normalized spacial score (nSPS) is 14.1. The maximum absolute atomic E-state index is 13.4. The molecule has 1 fully saturated rings. The number of alkyl halides is 3. The number of ether oxygens (including phenoxy) is 1. The number of benzene rings is 2. The monoisotopic (exact) mass is 575 g/mol. The summed E-state index contributed by atoms with van der Waals surface area (Å²) >= 11 is 6.72. The molecule has 4 rings (SSSR count). The Bertz CT molecular complexity index is 1350. The molecule has 2 heterocycles. The third-order valence-electron chi connectivity index (χ3n) is 5.64. The van der Waals surface area contributed by atoms with Gasteiger partial charge < -0.3 is 24.7 Å². The predicted octanol–water partition coefficient (Wildman–Crippen LogP) is 5.09. The molecule has 39 heavy (non-hydrogen) atoms. The van der Waals surface area contributed by atoms with Crippen LogP contribution in [-0.2, 0) is 22.3 Å². The van der Waals surface area contributed by atoms with Crippen LogP contribution in [0.2, 0.25) is 0 Å². The number of nitrogens with one attached hydrogen (secondary N) is 2. The summed E-state index contributed by atoms with van der Waals surface area (Å²) in [6, 6.07) is 16.4. The molecule has 0 radical (unpaired) electrons. The highest BCUT2D eigenvalue weighted by molar-refractivity contribution is 8.22. The average molecular weight is 576 g/mol. The fourth-order valence-corrected chi connectivity index (χ4v) is 4.86. The van der Waals surface area contributed by atoms with E-state index in [1.165, 1.54) is 36.0 Å². The Hall–Kier alpha value is -3.61. The molecule has 0 bridgehead atoms. The van der Waals surface area contributed by atoms with E-state index in [1.54, 1.807) is 42.5 Å².